The van der Waals surface area contributed by atoms with Gasteiger partial charge in [-0.25, -0.2) is 0 Å². The number of phenols is 8. The van der Waals surface area contributed by atoms with Crippen molar-refractivity contribution < 1.29 is 40.9 Å². The molecule has 19 aromatic rings. The maximum atomic E-state index is 12.5. The van der Waals surface area contributed by atoms with Gasteiger partial charge in [0.2, 0.25) is 0 Å². The van der Waals surface area contributed by atoms with E-state index in [2.05, 4.69) is 60.7 Å². The molecule has 0 heterocycles. The summed E-state index contributed by atoms with van der Waals surface area (Å²) in [4.78, 5) is 0. The van der Waals surface area contributed by atoms with Gasteiger partial charge in [-0.2, -0.15) is 0 Å². The van der Waals surface area contributed by atoms with Crippen molar-refractivity contribution in [3.8, 4) is 135 Å². The Morgan fingerprint density at radius 2 is 0.235 bits per heavy atom. The molecule has 0 spiro atoms. The lowest BCUT2D eigenvalue weighted by molar-refractivity contribution is 0.452. The lowest BCUT2D eigenvalue weighted by Gasteiger charge is -2.22. The third-order valence-corrected chi connectivity index (χ3v) is 20.9. The van der Waals surface area contributed by atoms with Crippen LogP contribution in [0.5, 0.6) is 46.0 Å². The van der Waals surface area contributed by atoms with Crippen LogP contribution in [0, 0.1) is 0 Å². The van der Waals surface area contributed by atoms with Gasteiger partial charge in [0.15, 0.2) is 0 Å². The van der Waals surface area contributed by atoms with Gasteiger partial charge in [0, 0.05) is 113 Å². The zero-order chi connectivity index (χ0) is 68.8. The summed E-state index contributed by atoms with van der Waals surface area (Å²) >= 11 is 0. The Morgan fingerprint density at radius 1 is 0.118 bits per heavy atom. The first-order chi connectivity index (χ1) is 49.9. The molecule has 0 atom stereocenters. The van der Waals surface area contributed by atoms with Crippen molar-refractivity contribution in [3.63, 3.8) is 0 Å². The first-order valence-electron chi connectivity index (χ1n) is 33.8. The summed E-state index contributed by atoms with van der Waals surface area (Å²) in [6.45, 7) is 0. The van der Waals surface area contributed by atoms with Gasteiger partial charge in [0.1, 0.15) is 46.0 Å². The fraction of sp³-hybridized carbons (Fsp3) is 0. The average molecular weight is 1320 g/mol. The molecule has 0 radical (unpaired) electrons. The van der Waals surface area contributed by atoms with Crippen LogP contribution < -0.4 is 0 Å². The van der Waals surface area contributed by atoms with Crippen molar-refractivity contribution in [3.05, 3.63) is 303 Å². The van der Waals surface area contributed by atoms with Gasteiger partial charge >= 0.3 is 0 Å². The molecular weight excluding hydrogens is 1260 g/mol. The van der Waals surface area contributed by atoms with Crippen LogP contribution in [0.2, 0.25) is 0 Å². The molecule has 0 amide bonds. The molecule has 0 aliphatic carbocycles. The molecule has 0 aromatic heterocycles. The summed E-state index contributed by atoms with van der Waals surface area (Å²) in [5.41, 5.74) is 9.79. The van der Waals surface area contributed by atoms with E-state index in [-0.39, 0.29) is 46.0 Å². The molecular formula is C94H58O8. The van der Waals surface area contributed by atoms with E-state index in [1.807, 2.05) is 218 Å². The smallest absolute Gasteiger partial charge is 0.127 e. The number of rotatable bonds is 8. The van der Waals surface area contributed by atoms with Gasteiger partial charge in [-0.3, -0.25) is 0 Å². The first-order valence-corrected chi connectivity index (χ1v) is 33.8. The molecule has 482 valence electrons. The molecule has 0 aliphatic rings. The molecule has 0 bridgehead atoms. The molecule has 8 N–H and O–H groups in total. The third-order valence-electron chi connectivity index (χ3n) is 20.9. The van der Waals surface area contributed by atoms with Crippen molar-refractivity contribution in [2.24, 2.45) is 0 Å². The van der Waals surface area contributed by atoms with E-state index in [0.717, 1.165) is 130 Å². The summed E-state index contributed by atoms with van der Waals surface area (Å²) in [7, 11) is 0. The molecule has 8 heteroatoms. The van der Waals surface area contributed by atoms with Crippen molar-refractivity contribution in [2.75, 3.05) is 0 Å². The van der Waals surface area contributed by atoms with Crippen LogP contribution in [0.3, 0.4) is 0 Å². The van der Waals surface area contributed by atoms with E-state index >= 15 is 0 Å². The summed E-state index contributed by atoms with van der Waals surface area (Å²) in [6, 6.07) is 97.3. The van der Waals surface area contributed by atoms with Gasteiger partial charge in [-0.1, -0.05) is 243 Å². The maximum absolute atomic E-state index is 12.5. The Balaban J connectivity index is 0.792. The highest BCUT2D eigenvalue weighted by Gasteiger charge is 2.29. The Hall–Kier alpha value is -13.8. The molecule has 0 fully saturated rings. The number of hydrogen-bond acceptors (Lipinski definition) is 8. The Bertz CT molecular complexity index is 6180. The predicted octanol–water partition coefficient (Wildman–Crippen LogP) is 24.2. The fourth-order valence-corrected chi connectivity index (χ4v) is 16.6. The molecule has 0 unspecified atom stereocenters. The monoisotopic (exact) mass is 1310 g/mol. The highest BCUT2D eigenvalue weighted by Crippen LogP contribution is 2.57. The fourth-order valence-electron chi connectivity index (χ4n) is 16.6. The van der Waals surface area contributed by atoms with Crippen LogP contribution >= 0.6 is 0 Å². The summed E-state index contributed by atoms with van der Waals surface area (Å²) in [5, 5.41) is 115. The molecule has 19 aromatic carbocycles. The van der Waals surface area contributed by atoms with Crippen LogP contribution in [-0.2, 0) is 0 Å². The second kappa shape index (κ2) is 22.9. The third kappa shape index (κ3) is 8.96. The lowest BCUT2D eigenvalue weighted by Crippen LogP contribution is -1.95. The minimum absolute atomic E-state index is 0.0661. The number of hydrogen-bond donors (Lipinski definition) is 8. The largest absolute Gasteiger partial charge is 0.507 e. The number of benzene rings is 19. The second-order valence-corrected chi connectivity index (χ2v) is 26.5. The number of phenolic OH excluding ortho intramolecular Hbond substituents is 8. The molecule has 19 rings (SSSR count). The maximum Gasteiger partial charge on any atom is 0.127 e. The van der Waals surface area contributed by atoms with E-state index in [9.17, 15) is 40.9 Å². The van der Waals surface area contributed by atoms with Crippen LogP contribution in [0.1, 0.15) is 0 Å². The average Bonchev–Trinajstić information content (AvgIpc) is 0.724. The highest BCUT2D eigenvalue weighted by molar-refractivity contribution is 6.28. The molecule has 0 saturated heterocycles. The quantitative estimate of drug-likeness (QED) is 0.0698. The Morgan fingerprint density at radius 3 is 0.382 bits per heavy atom. The zero-order valence-electron chi connectivity index (χ0n) is 54.4. The first kappa shape index (κ1) is 59.4. The number of aromatic hydroxyl groups is 8. The van der Waals surface area contributed by atoms with Gasteiger partial charge in [0.25, 0.3) is 0 Å². The van der Waals surface area contributed by atoms with E-state index in [4.69, 9.17) is 0 Å². The van der Waals surface area contributed by atoms with Gasteiger partial charge in [-0.15, -0.1) is 0 Å². The number of fused-ring (bicyclic) bond motifs is 10. The van der Waals surface area contributed by atoms with Crippen LogP contribution in [0.15, 0.2) is 303 Å². The van der Waals surface area contributed by atoms with E-state index in [1.165, 1.54) is 24.3 Å². The van der Waals surface area contributed by atoms with Crippen molar-refractivity contribution in [1.82, 2.24) is 0 Å². The Kier molecular flexibility index (Phi) is 13.3. The molecule has 102 heavy (non-hydrogen) atoms. The Labute approximate surface area is 583 Å². The van der Waals surface area contributed by atoms with Crippen LogP contribution in [0.4, 0.5) is 0 Å². The summed E-state index contributed by atoms with van der Waals surface area (Å²) in [5.74, 6) is -0.989. The summed E-state index contributed by atoms with van der Waals surface area (Å²) < 4.78 is 0. The topological polar surface area (TPSA) is 162 Å². The zero-order valence-corrected chi connectivity index (χ0v) is 54.4. The van der Waals surface area contributed by atoms with Crippen molar-refractivity contribution >= 4 is 108 Å². The molecule has 0 saturated carbocycles. The molecule has 8 nitrogen and oxygen atoms in total. The van der Waals surface area contributed by atoms with Crippen molar-refractivity contribution in [1.29, 1.82) is 0 Å². The lowest BCUT2D eigenvalue weighted by atomic mass is 9.81. The summed E-state index contributed by atoms with van der Waals surface area (Å²) in [6.07, 6.45) is 0. The van der Waals surface area contributed by atoms with E-state index < -0.39 is 0 Å². The van der Waals surface area contributed by atoms with E-state index in [0.29, 0.717) is 66.8 Å². The minimum atomic E-state index is -0.164. The van der Waals surface area contributed by atoms with Crippen LogP contribution in [-0.4, -0.2) is 40.9 Å². The highest BCUT2D eigenvalue weighted by atomic mass is 16.3. The van der Waals surface area contributed by atoms with Gasteiger partial charge in [0.05, 0.1) is 0 Å². The minimum Gasteiger partial charge on any atom is -0.507 e. The van der Waals surface area contributed by atoms with Gasteiger partial charge < -0.3 is 40.9 Å². The SMILES string of the molecule is Oc1cc(O)c(-c2c3ccccc3c(-c3cc(-c4c5ccccc5c(-c5cc(-c6c7ccccc7c(-c7cc(-c8c9ccccc9cc9ccccc89)c(O)cc7O)c7ccccc67)c(O)cc5O)c5ccccc45)c(O)cc3O)c3ccccc23)cc1-c1c2ccccc2cc2ccccc12. The predicted molar refractivity (Wildman–Crippen MR) is 418 cm³/mol. The standard InChI is InChI=1S/C94H58O8/c95-79-47-81(97)73(43-71(79)87-55-25-5-1-21-51(55)41-52-22-2-6-26-56(52)87)89-59-29-9-13-33-63(59)91(64-34-14-10-30-60(64)89)75-45-77(85(101)49-83(75)99)93-67-37-17-19-39-69(67)94(70-40-20-18-38-68(70)93)78-46-76(84(100)50-86(78)102)92-65-35-15-11-31-61(65)90(62-32-12-16-36-66(62)92)74-44-72(80(96)48-82(74)98)88-57-27-7-3-23-53(57)42-54-24-4-8-28-58(54)88/h1-50,95-102H. The molecule has 0 aliphatic heterocycles. The normalized spacial score (nSPS) is 11.8. The second-order valence-electron chi connectivity index (χ2n) is 26.5. The van der Waals surface area contributed by atoms with Crippen molar-refractivity contribution in [2.45, 2.75) is 0 Å². The van der Waals surface area contributed by atoms with Crippen LogP contribution in [0.25, 0.3) is 197 Å². The van der Waals surface area contributed by atoms with E-state index in [1.54, 1.807) is 0 Å². The van der Waals surface area contributed by atoms with Gasteiger partial charge in [-0.05, 0) is 144 Å².